The van der Waals surface area contributed by atoms with Crippen molar-refractivity contribution in [1.29, 1.82) is 0 Å². The van der Waals surface area contributed by atoms with Crippen LogP contribution in [-0.4, -0.2) is 50.1 Å². The molecule has 0 fully saturated rings. The molecule has 0 bridgehead atoms. The molecular weight excluding hydrogens is 513 g/mol. The minimum Gasteiger partial charge on any atom is -0.549 e. The summed E-state index contributed by atoms with van der Waals surface area (Å²) in [5, 5.41) is 36.5. The molecule has 0 aliphatic heterocycles. The number of hydrogen-bond acceptors (Lipinski definition) is 12. The van der Waals surface area contributed by atoms with E-state index in [0.29, 0.717) is 0 Å². The number of halogens is 4. The molecule has 8 N–H and O–H groups in total. The Hall–Kier alpha value is -0.237. The van der Waals surface area contributed by atoms with Gasteiger partial charge in [-0.25, -0.2) is 0 Å². The summed E-state index contributed by atoms with van der Waals surface area (Å²) < 4.78 is 0. The van der Waals surface area contributed by atoms with Gasteiger partial charge in [-0.3, -0.25) is 0 Å². The van der Waals surface area contributed by atoms with Gasteiger partial charge in [0.1, 0.15) is 0 Å². The van der Waals surface area contributed by atoms with Crippen molar-refractivity contribution in [2.75, 3.05) is 26.2 Å². The van der Waals surface area contributed by atoms with E-state index in [1.165, 1.54) is 0 Å². The SMILES string of the molecule is Cl.Cl.Cl.Cl.NCC(=O)[O-].NCC(=O)[O-].NCC(=O)[O-].NCC(=O)[O-].[Zr+4]. The van der Waals surface area contributed by atoms with E-state index in [4.69, 9.17) is 39.6 Å². The quantitative estimate of drug-likeness (QED) is 0.263. The van der Waals surface area contributed by atoms with E-state index >= 15 is 0 Å². The van der Waals surface area contributed by atoms with E-state index < -0.39 is 23.9 Å². The molecule has 0 saturated carbocycles. The first-order chi connectivity index (χ1) is 9.08. The summed E-state index contributed by atoms with van der Waals surface area (Å²) in [6.45, 7) is -1.56. The minimum atomic E-state index is -1.22. The third kappa shape index (κ3) is 187. The minimum absolute atomic E-state index is 0. The van der Waals surface area contributed by atoms with E-state index in [1.807, 2.05) is 0 Å². The van der Waals surface area contributed by atoms with E-state index in [9.17, 15) is 0 Å². The van der Waals surface area contributed by atoms with Gasteiger partial charge in [-0.1, -0.05) is 0 Å². The van der Waals surface area contributed by atoms with Crippen molar-refractivity contribution in [3.8, 4) is 0 Å². The van der Waals surface area contributed by atoms with Crippen LogP contribution >= 0.6 is 49.6 Å². The third-order valence-corrected chi connectivity index (χ3v) is 0.667. The van der Waals surface area contributed by atoms with Crippen molar-refractivity contribution in [3.05, 3.63) is 0 Å². The molecule has 12 nitrogen and oxygen atoms in total. The predicted molar refractivity (Wildman–Crippen MR) is 85.2 cm³/mol. The first-order valence-corrected chi connectivity index (χ1v) is 4.68. The maximum Gasteiger partial charge on any atom is 4.00 e. The molecule has 0 heterocycles. The van der Waals surface area contributed by atoms with Crippen LogP contribution in [-0.2, 0) is 45.4 Å². The molecule has 0 aromatic rings. The second kappa shape index (κ2) is 49.6. The molecule has 25 heavy (non-hydrogen) atoms. The van der Waals surface area contributed by atoms with Crippen LogP contribution in [0.25, 0.3) is 0 Å². The normalized spacial score (nSPS) is 5.92. The third-order valence-electron chi connectivity index (χ3n) is 0.667. The zero-order valence-corrected chi connectivity index (χ0v) is 18.3. The van der Waals surface area contributed by atoms with Crippen molar-refractivity contribution in [2.24, 2.45) is 22.9 Å². The van der Waals surface area contributed by atoms with Crippen LogP contribution < -0.4 is 43.4 Å². The van der Waals surface area contributed by atoms with Crippen LogP contribution in [0, 0.1) is 0 Å². The van der Waals surface area contributed by atoms with Gasteiger partial charge in [0.2, 0.25) is 0 Å². The Kier molecular flexibility index (Phi) is 112. The van der Waals surface area contributed by atoms with E-state index in [2.05, 4.69) is 22.9 Å². The Morgan fingerprint density at radius 1 is 0.480 bits per heavy atom. The average molecular weight is 533 g/mol. The topological polar surface area (TPSA) is 265 Å². The van der Waals surface area contributed by atoms with Crippen molar-refractivity contribution >= 4 is 73.5 Å². The number of carboxylic acid groups (broad SMARTS) is 4. The molecule has 0 aromatic carbocycles. The molecule has 17 heteroatoms. The second-order valence-electron chi connectivity index (χ2n) is 2.30. The zero-order chi connectivity index (χ0) is 17.1. The fourth-order valence-corrected chi connectivity index (χ4v) is 0. The molecule has 0 aliphatic rings. The van der Waals surface area contributed by atoms with Gasteiger partial charge in [-0.15, -0.1) is 49.6 Å². The van der Waals surface area contributed by atoms with Gasteiger partial charge in [0.15, 0.2) is 0 Å². The van der Waals surface area contributed by atoms with E-state index in [-0.39, 0.29) is 102 Å². The van der Waals surface area contributed by atoms with Gasteiger partial charge in [0, 0.05) is 26.2 Å². The summed E-state index contributed by atoms with van der Waals surface area (Å²) in [5.41, 5.74) is 18.0. The number of carboxylic acids is 4. The Morgan fingerprint density at radius 2 is 0.520 bits per heavy atom. The van der Waals surface area contributed by atoms with Gasteiger partial charge < -0.3 is 62.5 Å². The van der Waals surface area contributed by atoms with Crippen LogP contribution in [0.15, 0.2) is 0 Å². The fourth-order valence-electron chi connectivity index (χ4n) is 0. The molecule has 0 amide bonds. The van der Waals surface area contributed by atoms with Gasteiger partial charge >= 0.3 is 26.2 Å². The number of rotatable bonds is 4. The second-order valence-corrected chi connectivity index (χ2v) is 2.30. The maximum atomic E-state index is 9.13. The Bertz CT molecular complexity index is 249. The molecule has 0 atom stereocenters. The monoisotopic (exact) mass is 530 g/mol. The van der Waals surface area contributed by atoms with Gasteiger partial charge in [-0.05, 0) is 0 Å². The molecular formula is C8H20Cl4N4O8Zr. The summed E-state index contributed by atoms with van der Waals surface area (Å²) in [4.78, 5) is 36.5. The largest absolute Gasteiger partial charge is 4.00 e. The van der Waals surface area contributed by atoms with Crippen molar-refractivity contribution in [3.63, 3.8) is 0 Å². The van der Waals surface area contributed by atoms with E-state index in [1.54, 1.807) is 0 Å². The summed E-state index contributed by atoms with van der Waals surface area (Å²) in [7, 11) is 0. The van der Waals surface area contributed by atoms with Crippen molar-refractivity contribution in [1.82, 2.24) is 0 Å². The number of aliphatic carboxylic acids is 4. The summed E-state index contributed by atoms with van der Waals surface area (Å²) in [6.07, 6.45) is 0. The van der Waals surface area contributed by atoms with Crippen LogP contribution in [0.2, 0.25) is 0 Å². The number of carbonyl (C=O) groups is 4. The van der Waals surface area contributed by atoms with Crippen LogP contribution in [0.4, 0.5) is 0 Å². The smallest absolute Gasteiger partial charge is 0.549 e. The Balaban J connectivity index is -0.0000000183. The standard InChI is InChI=1S/4C2H5NO2.4ClH.Zr/c4*3-1-2(4)5;;;;;/h4*1,3H2,(H,4,5);4*1H;/q;;;;;;;;+4/p-4. The molecule has 0 unspecified atom stereocenters. The summed E-state index contributed by atoms with van der Waals surface area (Å²) in [5.74, 6) is -4.87. The van der Waals surface area contributed by atoms with Crippen molar-refractivity contribution < 1.29 is 65.8 Å². The Morgan fingerprint density at radius 3 is 0.520 bits per heavy atom. The van der Waals surface area contributed by atoms with Gasteiger partial charge in [0.05, 0.1) is 23.9 Å². The van der Waals surface area contributed by atoms with Gasteiger partial charge in [0.25, 0.3) is 0 Å². The number of hydrogen-bond donors (Lipinski definition) is 4. The first-order valence-electron chi connectivity index (χ1n) is 4.68. The van der Waals surface area contributed by atoms with Crippen LogP contribution in [0.1, 0.15) is 0 Å². The molecule has 0 aromatic heterocycles. The molecule has 0 aliphatic carbocycles. The summed E-state index contributed by atoms with van der Waals surface area (Å²) in [6, 6.07) is 0. The van der Waals surface area contributed by atoms with Crippen molar-refractivity contribution in [2.45, 2.75) is 0 Å². The molecule has 0 saturated heterocycles. The average Bonchev–Trinajstić information content (AvgIpc) is 2.40. The maximum absolute atomic E-state index is 9.13. The van der Waals surface area contributed by atoms with Crippen LogP contribution in [0.3, 0.4) is 0 Å². The Labute approximate surface area is 187 Å². The molecule has 0 radical (unpaired) electrons. The fraction of sp³-hybridized carbons (Fsp3) is 0.500. The van der Waals surface area contributed by atoms with Gasteiger partial charge in [-0.2, -0.15) is 0 Å². The van der Waals surface area contributed by atoms with E-state index in [0.717, 1.165) is 0 Å². The summed E-state index contributed by atoms with van der Waals surface area (Å²) >= 11 is 0. The predicted octanol–water partition coefficient (Wildman–Crippen LogP) is -7.54. The first kappa shape index (κ1) is 56.3. The molecule has 152 valence electrons. The zero-order valence-electron chi connectivity index (χ0n) is 12.5. The molecule has 0 rings (SSSR count). The van der Waals surface area contributed by atoms with Crippen LogP contribution in [0.5, 0.6) is 0 Å². The number of nitrogens with two attached hydrogens (primary N) is 4. The number of carbonyl (C=O) groups excluding carboxylic acids is 4. The molecule has 0 spiro atoms.